The summed E-state index contributed by atoms with van der Waals surface area (Å²) in [4.78, 5) is 28.0. The Kier molecular flexibility index (Phi) is 6.39. The molecule has 0 heterocycles. The molecule has 0 aliphatic heterocycles. The fraction of sp³-hybridized carbons (Fsp3) is 0.333. The number of benzene rings is 2. The SMILES string of the molecule is Cc1ccc(C)c(C(=O)OCC(=O)N(C)Cc2ccc(N(C)C)cc2)c1. The van der Waals surface area contributed by atoms with Crippen molar-refractivity contribution >= 4 is 17.6 Å². The van der Waals surface area contributed by atoms with E-state index in [0.717, 1.165) is 22.4 Å². The third-order valence-electron chi connectivity index (χ3n) is 4.24. The monoisotopic (exact) mass is 354 g/mol. The number of carbonyl (C=O) groups is 2. The summed E-state index contributed by atoms with van der Waals surface area (Å²) in [5, 5.41) is 0. The van der Waals surface area contributed by atoms with Crippen LogP contribution < -0.4 is 4.90 Å². The number of hydrogen-bond donors (Lipinski definition) is 0. The summed E-state index contributed by atoms with van der Waals surface area (Å²) < 4.78 is 5.20. The Hall–Kier alpha value is -2.82. The summed E-state index contributed by atoms with van der Waals surface area (Å²) in [5.74, 6) is -0.705. The molecule has 5 nitrogen and oxygen atoms in total. The van der Waals surface area contributed by atoms with E-state index in [0.29, 0.717) is 12.1 Å². The van der Waals surface area contributed by atoms with E-state index in [1.54, 1.807) is 18.0 Å². The highest BCUT2D eigenvalue weighted by Gasteiger charge is 2.15. The van der Waals surface area contributed by atoms with Crippen LogP contribution in [0.4, 0.5) is 5.69 Å². The fourth-order valence-corrected chi connectivity index (χ4v) is 2.53. The lowest BCUT2D eigenvalue weighted by Gasteiger charge is -2.18. The van der Waals surface area contributed by atoms with E-state index >= 15 is 0 Å². The quantitative estimate of drug-likeness (QED) is 0.748. The maximum atomic E-state index is 12.3. The Morgan fingerprint density at radius 1 is 0.962 bits per heavy atom. The van der Waals surface area contributed by atoms with Crippen LogP contribution in [0.25, 0.3) is 0 Å². The third kappa shape index (κ3) is 5.09. The second-order valence-electron chi connectivity index (χ2n) is 6.71. The van der Waals surface area contributed by atoms with Gasteiger partial charge >= 0.3 is 5.97 Å². The molecule has 0 saturated heterocycles. The molecule has 0 radical (unpaired) electrons. The summed E-state index contributed by atoms with van der Waals surface area (Å²) in [7, 11) is 5.66. The van der Waals surface area contributed by atoms with Gasteiger partial charge < -0.3 is 14.5 Å². The van der Waals surface area contributed by atoms with E-state index in [1.807, 2.05) is 69.2 Å². The van der Waals surface area contributed by atoms with Gasteiger partial charge in [-0.3, -0.25) is 4.79 Å². The molecular formula is C21H26N2O3. The second-order valence-corrected chi connectivity index (χ2v) is 6.71. The number of esters is 1. The largest absolute Gasteiger partial charge is 0.452 e. The molecular weight excluding hydrogens is 328 g/mol. The molecule has 0 aliphatic rings. The van der Waals surface area contributed by atoms with Gasteiger partial charge in [0, 0.05) is 33.4 Å². The molecule has 2 aromatic rings. The van der Waals surface area contributed by atoms with E-state index in [2.05, 4.69) is 0 Å². The van der Waals surface area contributed by atoms with Crippen LogP contribution in [0.5, 0.6) is 0 Å². The van der Waals surface area contributed by atoms with Crippen LogP contribution in [0.3, 0.4) is 0 Å². The van der Waals surface area contributed by atoms with Crippen LogP contribution in [0.1, 0.15) is 27.0 Å². The van der Waals surface area contributed by atoms with Gasteiger partial charge in [0.25, 0.3) is 5.91 Å². The van der Waals surface area contributed by atoms with Gasteiger partial charge in [-0.1, -0.05) is 29.8 Å². The molecule has 26 heavy (non-hydrogen) atoms. The van der Waals surface area contributed by atoms with E-state index in [4.69, 9.17) is 4.74 Å². The van der Waals surface area contributed by atoms with Crippen molar-refractivity contribution in [2.45, 2.75) is 20.4 Å². The zero-order valence-electron chi connectivity index (χ0n) is 16.1. The molecule has 0 spiro atoms. The van der Waals surface area contributed by atoms with Gasteiger partial charge in [-0.25, -0.2) is 4.79 Å². The minimum Gasteiger partial charge on any atom is -0.452 e. The molecule has 0 fully saturated rings. The van der Waals surface area contributed by atoms with Crippen molar-refractivity contribution in [3.8, 4) is 0 Å². The van der Waals surface area contributed by atoms with Gasteiger partial charge in [0.1, 0.15) is 0 Å². The first kappa shape index (κ1) is 19.5. The highest BCUT2D eigenvalue weighted by Crippen LogP contribution is 2.14. The van der Waals surface area contributed by atoms with Crippen molar-refractivity contribution < 1.29 is 14.3 Å². The number of ether oxygens (including phenoxy) is 1. The number of aryl methyl sites for hydroxylation is 2. The summed E-state index contributed by atoms with van der Waals surface area (Å²) in [6.07, 6.45) is 0. The Labute approximate surface area is 155 Å². The van der Waals surface area contributed by atoms with Gasteiger partial charge in [0.15, 0.2) is 6.61 Å². The number of carbonyl (C=O) groups excluding carboxylic acids is 2. The maximum absolute atomic E-state index is 12.3. The predicted octanol–water partition coefficient (Wildman–Crippen LogP) is 3.18. The average molecular weight is 354 g/mol. The lowest BCUT2D eigenvalue weighted by molar-refractivity contribution is -0.133. The molecule has 2 aromatic carbocycles. The fourth-order valence-electron chi connectivity index (χ4n) is 2.53. The van der Waals surface area contributed by atoms with Gasteiger partial charge in [-0.05, 0) is 43.2 Å². The van der Waals surface area contributed by atoms with Crippen molar-refractivity contribution in [2.24, 2.45) is 0 Å². The van der Waals surface area contributed by atoms with Gasteiger partial charge in [0.2, 0.25) is 0 Å². The van der Waals surface area contributed by atoms with E-state index in [-0.39, 0.29) is 12.5 Å². The van der Waals surface area contributed by atoms with Crippen LogP contribution in [-0.2, 0) is 16.1 Å². The Morgan fingerprint density at radius 3 is 2.23 bits per heavy atom. The molecule has 0 N–H and O–H groups in total. The molecule has 0 saturated carbocycles. The molecule has 2 rings (SSSR count). The van der Waals surface area contributed by atoms with Crippen LogP contribution in [0, 0.1) is 13.8 Å². The molecule has 1 amide bonds. The number of likely N-dealkylation sites (N-methyl/N-ethyl adjacent to an activating group) is 1. The summed E-state index contributed by atoms with van der Waals surface area (Å²) in [5.41, 5.74) is 4.44. The molecule has 5 heteroatoms. The maximum Gasteiger partial charge on any atom is 0.338 e. The first-order valence-corrected chi connectivity index (χ1v) is 8.52. The zero-order valence-corrected chi connectivity index (χ0v) is 16.1. The number of hydrogen-bond acceptors (Lipinski definition) is 4. The molecule has 0 bridgehead atoms. The highest BCUT2D eigenvalue weighted by atomic mass is 16.5. The van der Waals surface area contributed by atoms with Crippen LogP contribution in [0.15, 0.2) is 42.5 Å². The number of anilines is 1. The molecule has 138 valence electrons. The van der Waals surface area contributed by atoms with Crippen molar-refractivity contribution in [3.05, 3.63) is 64.7 Å². The normalized spacial score (nSPS) is 10.3. The topological polar surface area (TPSA) is 49.9 Å². The Morgan fingerprint density at radius 2 is 1.62 bits per heavy atom. The smallest absolute Gasteiger partial charge is 0.338 e. The first-order chi connectivity index (χ1) is 12.3. The van der Waals surface area contributed by atoms with Crippen LogP contribution >= 0.6 is 0 Å². The lowest BCUT2D eigenvalue weighted by atomic mass is 10.1. The standard InChI is InChI=1S/C21H26N2O3/c1-15-6-7-16(2)19(12-15)21(25)26-14-20(24)23(5)13-17-8-10-18(11-9-17)22(3)4/h6-12H,13-14H2,1-5H3. The first-order valence-electron chi connectivity index (χ1n) is 8.52. The molecule has 0 unspecified atom stereocenters. The summed E-state index contributed by atoms with van der Waals surface area (Å²) in [6.45, 7) is 3.96. The molecule has 0 aliphatic carbocycles. The van der Waals surface area contributed by atoms with Crippen molar-refractivity contribution in [1.82, 2.24) is 4.90 Å². The number of rotatable bonds is 6. The Balaban J connectivity index is 1.90. The minimum absolute atomic E-state index is 0.236. The van der Waals surface area contributed by atoms with Gasteiger partial charge in [-0.15, -0.1) is 0 Å². The summed E-state index contributed by atoms with van der Waals surface area (Å²) >= 11 is 0. The van der Waals surface area contributed by atoms with Crippen LogP contribution in [-0.4, -0.2) is 44.5 Å². The zero-order chi connectivity index (χ0) is 19.3. The van der Waals surface area contributed by atoms with Gasteiger partial charge in [0.05, 0.1) is 5.56 Å². The van der Waals surface area contributed by atoms with Gasteiger partial charge in [-0.2, -0.15) is 0 Å². The number of nitrogens with zero attached hydrogens (tertiary/aromatic N) is 2. The number of amides is 1. The summed E-state index contributed by atoms with van der Waals surface area (Å²) in [6, 6.07) is 13.6. The van der Waals surface area contributed by atoms with E-state index in [9.17, 15) is 9.59 Å². The van der Waals surface area contributed by atoms with Crippen molar-refractivity contribution in [3.63, 3.8) is 0 Å². The van der Waals surface area contributed by atoms with E-state index in [1.165, 1.54) is 0 Å². The Bertz CT molecular complexity index is 782. The predicted molar refractivity (Wildman–Crippen MR) is 103 cm³/mol. The lowest BCUT2D eigenvalue weighted by Crippen LogP contribution is -2.31. The third-order valence-corrected chi connectivity index (χ3v) is 4.24. The molecule has 0 aromatic heterocycles. The minimum atomic E-state index is -0.469. The van der Waals surface area contributed by atoms with Crippen molar-refractivity contribution in [2.75, 3.05) is 32.6 Å². The van der Waals surface area contributed by atoms with Crippen molar-refractivity contribution in [1.29, 1.82) is 0 Å². The highest BCUT2D eigenvalue weighted by molar-refractivity contribution is 5.92. The van der Waals surface area contributed by atoms with E-state index < -0.39 is 5.97 Å². The second kappa shape index (κ2) is 8.52. The molecule has 0 atom stereocenters. The van der Waals surface area contributed by atoms with Crippen LogP contribution in [0.2, 0.25) is 0 Å². The average Bonchev–Trinajstić information content (AvgIpc) is 2.61.